The maximum absolute atomic E-state index is 13.1. The fourth-order valence-electron chi connectivity index (χ4n) is 4.92. The zero-order chi connectivity index (χ0) is 20.6. The van der Waals surface area contributed by atoms with Gasteiger partial charge in [-0.15, -0.1) is 0 Å². The lowest BCUT2D eigenvalue weighted by Crippen LogP contribution is -2.54. The molecule has 7 nitrogen and oxygen atoms in total. The highest BCUT2D eigenvalue weighted by Gasteiger charge is 2.55. The van der Waals surface area contributed by atoms with Crippen LogP contribution in [-0.2, 0) is 9.53 Å². The van der Waals surface area contributed by atoms with Crippen molar-refractivity contribution >= 4 is 17.7 Å². The van der Waals surface area contributed by atoms with Crippen molar-refractivity contribution in [1.29, 1.82) is 0 Å². The second-order valence-corrected chi connectivity index (χ2v) is 8.32. The van der Waals surface area contributed by atoms with Gasteiger partial charge in [-0.2, -0.15) is 0 Å². The van der Waals surface area contributed by atoms with E-state index in [-0.39, 0.29) is 30.2 Å². The fourth-order valence-corrected chi connectivity index (χ4v) is 4.92. The second kappa shape index (κ2) is 7.70. The summed E-state index contributed by atoms with van der Waals surface area (Å²) in [4.78, 5) is 39.7. The van der Waals surface area contributed by atoms with E-state index in [0.29, 0.717) is 18.6 Å². The Morgan fingerprint density at radius 3 is 2.71 bits per heavy atom. The zero-order valence-corrected chi connectivity index (χ0v) is 17.5. The Labute approximate surface area is 166 Å². The third kappa shape index (κ3) is 3.26. The molecule has 1 aromatic heterocycles. The van der Waals surface area contributed by atoms with Gasteiger partial charge in [0.15, 0.2) is 5.78 Å². The normalized spacial score (nSPS) is 26.0. The van der Waals surface area contributed by atoms with Crippen LogP contribution in [0.2, 0.25) is 0 Å². The maximum Gasteiger partial charge on any atom is 0.325 e. The molecule has 0 unspecified atom stereocenters. The Hall–Kier alpha value is -2.15. The first-order chi connectivity index (χ1) is 13.2. The van der Waals surface area contributed by atoms with Crippen LogP contribution in [0.3, 0.4) is 0 Å². The molecule has 1 saturated carbocycles. The van der Waals surface area contributed by atoms with Crippen molar-refractivity contribution in [3.05, 3.63) is 23.0 Å². The molecule has 3 rings (SSSR count). The summed E-state index contributed by atoms with van der Waals surface area (Å²) in [6.45, 7) is 8.20. The van der Waals surface area contributed by atoms with Gasteiger partial charge in [-0.05, 0) is 45.6 Å². The van der Waals surface area contributed by atoms with Gasteiger partial charge < -0.3 is 14.6 Å². The van der Waals surface area contributed by atoms with E-state index in [9.17, 15) is 14.4 Å². The van der Waals surface area contributed by atoms with Gasteiger partial charge >= 0.3 is 6.03 Å². The molecule has 1 N–H and O–H groups in total. The predicted octanol–water partition coefficient (Wildman–Crippen LogP) is 3.00. The lowest BCUT2D eigenvalue weighted by Gasteiger charge is -2.36. The summed E-state index contributed by atoms with van der Waals surface area (Å²) in [5.41, 5.74) is 1.51. The van der Waals surface area contributed by atoms with Crippen LogP contribution in [0.5, 0.6) is 0 Å². The standard InChI is InChI=1S/C21H31N3O4/c1-13-8-6-7-9-21(13)19(26)23(20(27)22-21)11-18(25)17-10-14(2)24(16(17)4)15(3)12-28-5/h10,13,15H,6-9,11-12H2,1-5H3,(H,22,27)/t13-,15+,21-/m0/s1. The van der Waals surface area contributed by atoms with Crippen molar-refractivity contribution in [3.8, 4) is 0 Å². The molecule has 1 aliphatic heterocycles. The molecule has 2 fully saturated rings. The van der Waals surface area contributed by atoms with E-state index in [1.807, 2.05) is 33.8 Å². The van der Waals surface area contributed by atoms with Crippen molar-refractivity contribution in [3.63, 3.8) is 0 Å². The number of carbonyl (C=O) groups is 3. The van der Waals surface area contributed by atoms with Crippen LogP contribution in [0.25, 0.3) is 0 Å². The minimum atomic E-state index is -0.834. The number of aromatic nitrogens is 1. The van der Waals surface area contributed by atoms with Crippen LogP contribution in [-0.4, -0.2) is 53.0 Å². The Morgan fingerprint density at radius 1 is 1.36 bits per heavy atom. The molecule has 0 bridgehead atoms. The number of urea groups is 1. The number of Topliss-reactive ketones (excluding diaryl/α,β-unsaturated/α-hetero) is 1. The highest BCUT2D eigenvalue weighted by Crippen LogP contribution is 2.38. The van der Waals surface area contributed by atoms with E-state index in [2.05, 4.69) is 9.88 Å². The monoisotopic (exact) mass is 389 g/mol. The van der Waals surface area contributed by atoms with Gasteiger partial charge in [-0.25, -0.2) is 4.79 Å². The van der Waals surface area contributed by atoms with Crippen molar-refractivity contribution in [2.24, 2.45) is 5.92 Å². The number of imide groups is 1. The Balaban J connectivity index is 1.81. The highest BCUT2D eigenvalue weighted by atomic mass is 16.5. The van der Waals surface area contributed by atoms with E-state index in [4.69, 9.17) is 4.74 Å². The van der Waals surface area contributed by atoms with Gasteiger partial charge in [0, 0.05) is 24.1 Å². The second-order valence-electron chi connectivity index (χ2n) is 8.32. The highest BCUT2D eigenvalue weighted by molar-refractivity contribution is 6.11. The van der Waals surface area contributed by atoms with Crippen molar-refractivity contribution in [1.82, 2.24) is 14.8 Å². The minimum absolute atomic E-state index is 0.0813. The van der Waals surface area contributed by atoms with E-state index >= 15 is 0 Å². The van der Waals surface area contributed by atoms with E-state index in [0.717, 1.165) is 35.6 Å². The number of amides is 3. The zero-order valence-electron chi connectivity index (χ0n) is 17.5. The summed E-state index contributed by atoms with van der Waals surface area (Å²) in [6.07, 6.45) is 3.53. The number of hydrogen-bond donors (Lipinski definition) is 1. The molecule has 0 radical (unpaired) electrons. The van der Waals surface area contributed by atoms with Crippen LogP contribution < -0.4 is 5.32 Å². The molecule has 154 valence electrons. The van der Waals surface area contributed by atoms with Crippen LogP contribution in [0, 0.1) is 19.8 Å². The average molecular weight is 389 g/mol. The third-order valence-electron chi connectivity index (χ3n) is 6.44. The van der Waals surface area contributed by atoms with Gasteiger partial charge in [0.05, 0.1) is 19.2 Å². The molecule has 1 aromatic rings. The number of methoxy groups -OCH3 is 1. The molecule has 1 saturated heterocycles. The number of ether oxygens (including phenoxy) is 1. The van der Waals surface area contributed by atoms with Gasteiger partial charge in [0.2, 0.25) is 0 Å². The van der Waals surface area contributed by atoms with Crippen molar-refractivity contribution in [2.45, 2.75) is 65.0 Å². The number of hydrogen-bond acceptors (Lipinski definition) is 4. The van der Waals surface area contributed by atoms with Crippen LogP contribution in [0.4, 0.5) is 4.79 Å². The number of ketones is 1. The number of nitrogens with zero attached hydrogens (tertiary/aromatic N) is 2. The molecule has 3 amide bonds. The van der Waals surface area contributed by atoms with Crippen LogP contribution in [0.15, 0.2) is 6.07 Å². The molecule has 3 atom stereocenters. The number of aryl methyl sites for hydroxylation is 1. The summed E-state index contributed by atoms with van der Waals surface area (Å²) in [5.74, 6) is -0.384. The van der Waals surface area contributed by atoms with Crippen molar-refractivity contribution in [2.75, 3.05) is 20.3 Å². The van der Waals surface area contributed by atoms with Crippen molar-refractivity contribution < 1.29 is 19.1 Å². The van der Waals surface area contributed by atoms with Gasteiger partial charge in [-0.3, -0.25) is 14.5 Å². The summed E-state index contributed by atoms with van der Waals surface area (Å²) >= 11 is 0. The molecular weight excluding hydrogens is 358 g/mol. The molecular formula is C21H31N3O4. The topological polar surface area (TPSA) is 80.6 Å². The Kier molecular flexibility index (Phi) is 5.66. The SMILES string of the molecule is COC[C@@H](C)n1c(C)cc(C(=O)CN2C(=O)N[C@]3(CCCC[C@@H]3C)C2=O)c1C. The smallest absolute Gasteiger partial charge is 0.325 e. The van der Waals surface area contributed by atoms with E-state index in [1.165, 1.54) is 0 Å². The number of nitrogens with one attached hydrogen (secondary N) is 1. The predicted molar refractivity (Wildman–Crippen MR) is 105 cm³/mol. The van der Waals surface area contributed by atoms with Crippen LogP contribution >= 0.6 is 0 Å². The van der Waals surface area contributed by atoms with E-state index < -0.39 is 11.6 Å². The van der Waals surface area contributed by atoms with Gasteiger partial charge in [0.1, 0.15) is 5.54 Å². The first-order valence-electron chi connectivity index (χ1n) is 10.1. The first kappa shape index (κ1) is 20.6. The summed E-state index contributed by atoms with van der Waals surface area (Å²) in [7, 11) is 1.65. The third-order valence-corrected chi connectivity index (χ3v) is 6.44. The molecule has 7 heteroatoms. The Bertz CT molecular complexity index is 800. The quantitative estimate of drug-likeness (QED) is 0.599. The van der Waals surface area contributed by atoms with Gasteiger partial charge in [0.25, 0.3) is 5.91 Å². The molecule has 2 heterocycles. The summed E-state index contributed by atoms with van der Waals surface area (Å²) in [6, 6.07) is 1.48. The average Bonchev–Trinajstić information content (AvgIpc) is 3.06. The van der Waals surface area contributed by atoms with Crippen LogP contribution in [0.1, 0.15) is 67.3 Å². The molecule has 2 aliphatic rings. The summed E-state index contributed by atoms with van der Waals surface area (Å²) in [5, 5.41) is 2.91. The maximum atomic E-state index is 13.1. The minimum Gasteiger partial charge on any atom is -0.383 e. The first-order valence-corrected chi connectivity index (χ1v) is 10.1. The number of carbonyl (C=O) groups excluding carboxylic acids is 3. The molecule has 28 heavy (non-hydrogen) atoms. The summed E-state index contributed by atoms with van der Waals surface area (Å²) < 4.78 is 7.30. The molecule has 1 aliphatic carbocycles. The molecule has 0 aromatic carbocycles. The molecule has 1 spiro atoms. The fraction of sp³-hybridized carbons (Fsp3) is 0.667. The van der Waals surface area contributed by atoms with Gasteiger partial charge in [-0.1, -0.05) is 19.8 Å². The largest absolute Gasteiger partial charge is 0.383 e. The van der Waals surface area contributed by atoms with E-state index in [1.54, 1.807) is 7.11 Å². The Morgan fingerprint density at radius 2 is 2.07 bits per heavy atom. The lowest BCUT2D eigenvalue weighted by atomic mass is 9.73. The lowest BCUT2D eigenvalue weighted by molar-refractivity contribution is -0.133. The number of rotatable bonds is 6.